The molecule has 1 aromatic heterocycles. The number of nitrogens with one attached hydrogen (secondary N) is 1. The fraction of sp³-hybridized carbons (Fsp3) is 0.280. The maximum atomic E-state index is 12.8. The Kier molecular flexibility index (Phi) is 4.89. The summed E-state index contributed by atoms with van der Waals surface area (Å²) in [6, 6.07) is 12.6. The highest BCUT2D eigenvalue weighted by atomic mass is 16.2. The third kappa shape index (κ3) is 3.21. The molecule has 3 aromatic rings. The van der Waals surface area contributed by atoms with Crippen LogP contribution in [0.25, 0.3) is 5.69 Å². The molecule has 0 spiro atoms. The van der Waals surface area contributed by atoms with E-state index in [1.807, 2.05) is 16.9 Å². The van der Waals surface area contributed by atoms with Gasteiger partial charge in [-0.3, -0.25) is 19.3 Å². The third-order valence-electron chi connectivity index (χ3n) is 6.50. The molecule has 1 aliphatic heterocycles. The number of aromatic nitrogens is 2. The zero-order valence-electron chi connectivity index (χ0n) is 18.1. The van der Waals surface area contributed by atoms with Crippen molar-refractivity contribution < 1.29 is 14.4 Å². The van der Waals surface area contributed by atoms with E-state index in [1.165, 1.54) is 11.1 Å². The number of carbonyl (C=O) groups excluding carboxylic acids is 3. The molecule has 0 radical (unpaired) electrons. The van der Waals surface area contributed by atoms with Crippen molar-refractivity contribution in [2.45, 2.75) is 39.2 Å². The lowest BCUT2D eigenvalue weighted by molar-refractivity contribution is -0.122. The van der Waals surface area contributed by atoms with E-state index in [0.29, 0.717) is 11.1 Å². The molecule has 162 valence electrons. The lowest BCUT2D eigenvalue weighted by Gasteiger charge is -2.25. The summed E-state index contributed by atoms with van der Waals surface area (Å²) < 4.78 is 1.97. The first-order chi connectivity index (χ1) is 15.5. The lowest BCUT2D eigenvalue weighted by Crippen LogP contribution is -2.42. The van der Waals surface area contributed by atoms with Gasteiger partial charge in [-0.25, -0.2) is 4.68 Å². The molecular weight excluding hydrogens is 404 g/mol. The molecule has 3 amide bonds. The number of amides is 3. The monoisotopic (exact) mass is 428 g/mol. The summed E-state index contributed by atoms with van der Waals surface area (Å²) in [4.78, 5) is 39.0. The van der Waals surface area contributed by atoms with E-state index in [0.717, 1.165) is 41.1 Å². The van der Waals surface area contributed by atoms with E-state index in [4.69, 9.17) is 0 Å². The minimum Gasteiger partial charge on any atom is -0.348 e. The Hall–Kier alpha value is -3.74. The molecule has 2 heterocycles. The number of fused-ring (bicyclic) bond motifs is 2. The summed E-state index contributed by atoms with van der Waals surface area (Å²) in [5.41, 5.74) is 6.21. The van der Waals surface area contributed by atoms with Crippen LogP contribution >= 0.6 is 0 Å². The second-order valence-electron chi connectivity index (χ2n) is 8.43. The number of hydrogen-bond donors (Lipinski definition) is 1. The molecule has 0 saturated carbocycles. The Morgan fingerprint density at radius 3 is 2.50 bits per heavy atom. The SMILES string of the molecule is Cc1cccc(-n2ncc3c2CCC[C@@H]3NC(=O)CN2C(=O)c3ccccc3C2=O)c1C. The summed E-state index contributed by atoms with van der Waals surface area (Å²) in [6.45, 7) is 3.88. The van der Waals surface area contributed by atoms with Gasteiger partial charge in [0.25, 0.3) is 11.8 Å². The van der Waals surface area contributed by atoms with Crippen molar-refractivity contribution >= 4 is 17.7 Å². The summed E-state index contributed by atoms with van der Waals surface area (Å²) in [7, 11) is 0. The van der Waals surface area contributed by atoms with Crippen molar-refractivity contribution in [3.8, 4) is 5.69 Å². The van der Waals surface area contributed by atoms with Crippen LogP contribution in [0.15, 0.2) is 48.7 Å². The molecule has 0 unspecified atom stereocenters. The lowest BCUT2D eigenvalue weighted by atomic mass is 9.92. The smallest absolute Gasteiger partial charge is 0.262 e. The average Bonchev–Trinajstić information content (AvgIpc) is 3.32. The predicted octanol–water partition coefficient (Wildman–Crippen LogP) is 3.28. The van der Waals surface area contributed by atoms with E-state index >= 15 is 0 Å². The first-order valence-electron chi connectivity index (χ1n) is 10.8. The molecule has 7 heteroatoms. The molecular formula is C25H24N4O3. The van der Waals surface area contributed by atoms with Crippen molar-refractivity contribution in [3.05, 3.63) is 82.2 Å². The molecule has 2 aromatic carbocycles. The van der Waals surface area contributed by atoms with E-state index in [1.54, 1.807) is 24.3 Å². The highest BCUT2D eigenvalue weighted by Gasteiger charge is 2.37. The maximum absolute atomic E-state index is 12.8. The van der Waals surface area contributed by atoms with Gasteiger partial charge in [0.2, 0.25) is 5.91 Å². The van der Waals surface area contributed by atoms with Crippen molar-refractivity contribution in [2.75, 3.05) is 6.54 Å². The van der Waals surface area contributed by atoms with Crippen LogP contribution < -0.4 is 5.32 Å². The summed E-state index contributed by atoms with van der Waals surface area (Å²) >= 11 is 0. The molecule has 2 aliphatic rings. The number of rotatable bonds is 4. The molecule has 1 aliphatic carbocycles. The van der Waals surface area contributed by atoms with Gasteiger partial charge < -0.3 is 5.32 Å². The molecule has 0 saturated heterocycles. The Morgan fingerprint density at radius 2 is 1.78 bits per heavy atom. The third-order valence-corrected chi connectivity index (χ3v) is 6.50. The number of carbonyl (C=O) groups is 3. The molecule has 7 nitrogen and oxygen atoms in total. The molecule has 5 rings (SSSR count). The van der Waals surface area contributed by atoms with E-state index in [9.17, 15) is 14.4 Å². The Bertz CT molecular complexity index is 1220. The number of hydrogen-bond acceptors (Lipinski definition) is 4. The van der Waals surface area contributed by atoms with Crippen molar-refractivity contribution in [1.29, 1.82) is 0 Å². The van der Waals surface area contributed by atoms with Gasteiger partial charge >= 0.3 is 0 Å². The van der Waals surface area contributed by atoms with Gasteiger partial charge in [0.15, 0.2) is 0 Å². The van der Waals surface area contributed by atoms with Crippen LogP contribution in [0.4, 0.5) is 0 Å². The van der Waals surface area contributed by atoms with Crippen molar-refractivity contribution in [3.63, 3.8) is 0 Å². The largest absolute Gasteiger partial charge is 0.348 e. The Balaban J connectivity index is 1.35. The molecule has 1 atom stereocenters. The van der Waals surface area contributed by atoms with Gasteiger partial charge in [0.1, 0.15) is 6.54 Å². The van der Waals surface area contributed by atoms with Gasteiger partial charge in [-0.15, -0.1) is 0 Å². The number of aryl methyl sites for hydroxylation is 1. The molecule has 0 bridgehead atoms. The van der Waals surface area contributed by atoms with Crippen LogP contribution in [0, 0.1) is 13.8 Å². The first kappa shape index (κ1) is 20.2. The van der Waals surface area contributed by atoms with Crippen LogP contribution in [0.1, 0.15) is 62.0 Å². The van der Waals surface area contributed by atoms with E-state index in [2.05, 4.69) is 36.4 Å². The van der Waals surface area contributed by atoms with Gasteiger partial charge in [0, 0.05) is 11.3 Å². The molecule has 0 fully saturated rings. The fourth-order valence-electron chi connectivity index (χ4n) is 4.65. The minimum atomic E-state index is -0.423. The molecule has 32 heavy (non-hydrogen) atoms. The second kappa shape index (κ2) is 7.75. The van der Waals surface area contributed by atoms with Gasteiger partial charge in [-0.05, 0) is 62.4 Å². The van der Waals surface area contributed by atoms with E-state index in [-0.39, 0.29) is 18.5 Å². The second-order valence-corrected chi connectivity index (χ2v) is 8.43. The summed E-state index contributed by atoms with van der Waals surface area (Å²) in [5.74, 6) is -1.20. The topological polar surface area (TPSA) is 84.3 Å². The van der Waals surface area contributed by atoms with Crippen molar-refractivity contribution in [2.24, 2.45) is 0 Å². The highest BCUT2D eigenvalue weighted by Crippen LogP contribution is 2.32. The van der Waals surface area contributed by atoms with Crippen LogP contribution in [0.5, 0.6) is 0 Å². The van der Waals surface area contributed by atoms with Crippen molar-refractivity contribution in [1.82, 2.24) is 20.0 Å². The van der Waals surface area contributed by atoms with Gasteiger partial charge in [-0.2, -0.15) is 5.10 Å². The van der Waals surface area contributed by atoms with Gasteiger partial charge in [0.05, 0.1) is 29.1 Å². The van der Waals surface area contributed by atoms with Crippen LogP contribution in [0.3, 0.4) is 0 Å². The minimum absolute atomic E-state index is 0.194. The fourth-order valence-corrected chi connectivity index (χ4v) is 4.65. The predicted molar refractivity (Wildman–Crippen MR) is 119 cm³/mol. The van der Waals surface area contributed by atoms with E-state index < -0.39 is 11.8 Å². The Morgan fingerprint density at radius 1 is 1.06 bits per heavy atom. The zero-order chi connectivity index (χ0) is 22.4. The Labute approximate surface area is 186 Å². The summed E-state index contributed by atoms with van der Waals surface area (Å²) in [5, 5.41) is 7.65. The number of imide groups is 1. The standard InChI is InChI=1S/C25H24N4O3/c1-15-7-5-11-21(16(15)2)29-22-12-6-10-20(19(22)13-26-29)27-23(30)14-28-24(31)17-8-3-4-9-18(17)25(28)32/h3-5,7-9,11,13,20H,6,10,12,14H2,1-2H3,(H,27,30)/t20-/m0/s1. The zero-order valence-corrected chi connectivity index (χ0v) is 18.1. The normalized spacial score (nSPS) is 17.3. The first-order valence-corrected chi connectivity index (χ1v) is 10.8. The number of benzene rings is 2. The van der Waals surface area contributed by atoms with Crippen LogP contribution in [-0.2, 0) is 11.2 Å². The number of nitrogens with zero attached hydrogens (tertiary/aromatic N) is 3. The van der Waals surface area contributed by atoms with Crippen LogP contribution in [0.2, 0.25) is 0 Å². The van der Waals surface area contributed by atoms with Gasteiger partial charge in [-0.1, -0.05) is 24.3 Å². The maximum Gasteiger partial charge on any atom is 0.262 e. The highest BCUT2D eigenvalue weighted by molar-refractivity contribution is 6.22. The average molecular weight is 428 g/mol. The quantitative estimate of drug-likeness (QED) is 0.647. The molecule has 1 N–H and O–H groups in total. The van der Waals surface area contributed by atoms with Crippen LogP contribution in [-0.4, -0.2) is 38.9 Å². The summed E-state index contributed by atoms with van der Waals surface area (Å²) in [6.07, 6.45) is 4.41.